The summed E-state index contributed by atoms with van der Waals surface area (Å²) in [6.45, 7) is 7.56. The Hall–Kier alpha value is -2.67. The highest BCUT2D eigenvalue weighted by atomic mass is 16.5. The molecule has 7 nitrogen and oxygen atoms in total. The van der Waals surface area contributed by atoms with E-state index in [9.17, 15) is 5.11 Å². The van der Waals surface area contributed by atoms with Crippen molar-refractivity contribution in [3.8, 4) is 5.75 Å². The number of nitrogens with zero attached hydrogens (tertiary/aromatic N) is 4. The molecule has 2 aliphatic rings. The van der Waals surface area contributed by atoms with Crippen LogP contribution in [0.5, 0.6) is 5.75 Å². The largest absolute Gasteiger partial charge is 0.508 e. The molecule has 0 atom stereocenters. The van der Waals surface area contributed by atoms with Gasteiger partial charge in [-0.1, -0.05) is 13.8 Å². The lowest BCUT2D eigenvalue weighted by Gasteiger charge is -2.28. The second kappa shape index (κ2) is 9.43. The molecule has 160 valence electrons. The van der Waals surface area contributed by atoms with Crippen molar-refractivity contribution >= 4 is 17.3 Å². The van der Waals surface area contributed by atoms with E-state index >= 15 is 0 Å². The van der Waals surface area contributed by atoms with Gasteiger partial charge in [-0.2, -0.15) is 5.10 Å². The minimum absolute atomic E-state index is 0.309. The fourth-order valence-electron chi connectivity index (χ4n) is 3.91. The van der Waals surface area contributed by atoms with Crippen molar-refractivity contribution in [1.29, 1.82) is 0 Å². The number of fused-ring (bicyclic) bond motifs is 1. The molecule has 1 aromatic carbocycles. The Morgan fingerprint density at radius 2 is 2.00 bits per heavy atom. The van der Waals surface area contributed by atoms with Gasteiger partial charge >= 0.3 is 0 Å². The number of ether oxygens (including phenoxy) is 1. The molecule has 2 heterocycles. The number of rotatable bonds is 6. The molecule has 2 aromatic rings. The number of morpholine rings is 1. The quantitative estimate of drug-likeness (QED) is 0.707. The van der Waals surface area contributed by atoms with E-state index < -0.39 is 0 Å². The van der Waals surface area contributed by atoms with Gasteiger partial charge in [0.25, 0.3) is 0 Å². The number of anilines is 2. The Balaban J connectivity index is 1.58. The Morgan fingerprint density at radius 3 is 2.80 bits per heavy atom. The van der Waals surface area contributed by atoms with E-state index in [-0.39, 0.29) is 0 Å². The molecule has 30 heavy (non-hydrogen) atoms. The number of phenols is 1. The Bertz CT molecular complexity index is 906. The molecule has 1 aromatic heterocycles. The third-order valence-electron chi connectivity index (χ3n) is 5.60. The fourth-order valence-corrected chi connectivity index (χ4v) is 3.91. The molecular formula is C23H31N5O2. The molecule has 4 rings (SSSR count). The minimum Gasteiger partial charge on any atom is -0.508 e. The molecule has 1 saturated heterocycles. The maximum absolute atomic E-state index is 9.77. The van der Waals surface area contributed by atoms with Crippen LogP contribution in [0.15, 0.2) is 29.4 Å². The number of hydrazone groups is 1. The zero-order chi connectivity index (χ0) is 20.9. The van der Waals surface area contributed by atoms with E-state index in [1.165, 1.54) is 0 Å². The number of hydrogen-bond acceptors (Lipinski definition) is 7. The van der Waals surface area contributed by atoms with Crippen molar-refractivity contribution in [2.24, 2.45) is 11.0 Å². The van der Waals surface area contributed by atoms with Crippen molar-refractivity contribution in [3.63, 3.8) is 0 Å². The fraction of sp³-hybridized carbons (Fsp3) is 0.522. The number of phenolic OH excluding ortho intramolecular Hbond substituents is 1. The summed E-state index contributed by atoms with van der Waals surface area (Å²) in [7, 11) is 0. The minimum atomic E-state index is 0.309. The summed E-state index contributed by atoms with van der Waals surface area (Å²) in [5, 5.41) is 14.5. The van der Waals surface area contributed by atoms with Crippen molar-refractivity contribution < 1.29 is 9.84 Å². The average molecular weight is 410 g/mol. The van der Waals surface area contributed by atoms with E-state index in [0.717, 1.165) is 92.7 Å². The van der Waals surface area contributed by atoms with Crippen LogP contribution in [0, 0.1) is 5.92 Å². The molecule has 0 saturated carbocycles. The van der Waals surface area contributed by atoms with Gasteiger partial charge in [-0.25, -0.2) is 9.97 Å². The van der Waals surface area contributed by atoms with Gasteiger partial charge in [0.15, 0.2) is 5.82 Å². The van der Waals surface area contributed by atoms with Crippen LogP contribution in [-0.4, -0.2) is 47.1 Å². The highest BCUT2D eigenvalue weighted by Crippen LogP contribution is 2.26. The van der Waals surface area contributed by atoms with Crippen LogP contribution in [0.25, 0.3) is 0 Å². The maximum Gasteiger partial charge on any atom is 0.152 e. The lowest BCUT2D eigenvalue weighted by atomic mass is 9.90. The molecular weight excluding hydrogens is 378 g/mol. The van der Waals surface area contributed by atoms with E-state index in [2.05, 4.69) is 24.2 Å². The standard InChI is InChI=1S/C23H31N5O2/c1-16(2)6-9-21-24-22(15-23(25-21)28-10-12-30-13-11-28)27-26-20-5-3-4-17-14-18(29)7-8-19(17)20/h7-8,14-16,29H,3-6,9-13H2,1-2H3,(H,24,25,27)/b26-20+. The molecule has 0 amide bonds. The van der Waals surface area contributed by atoms with Crippen LogP contribution < -0.4 is 10.3 Å². The van der Waals surface area contributed by atoms with Gasteiger partial charge in [-0.15, -0.1) is 0 Å². The molecule has 1 aliphatic carbocycles. The first-order chi connectivity index (χ1) is 14.6. The van der Waals surface area contributed by atoms with Crippen LogP contribution in [0.4, 0.5) is 11.6 Å². The lowest BCUT2D eigenvalue weighted by molar-refractivity contribution is 0.122. The van der Waals surface area contributed by atoms with E-state index in [1.807, 2.05) is 18.2 Å². The summed E-state index contributed by atoms with van der Waals surface area (Å²) >= 11 is 0. The molecule has 7 heteroatoms. The van der Waals surface area contributed by atoms with Gasteiger partial charge < -0.3 is 14.7 Å². The predicted molar refractivity (Wildman–Crippen MR) is 119 cm³/mol. The summed E-state index contributed by atoms with van der Waals surface area (Å²) < 4.78 is 5.49. The second-order valence-electron chi connectivity index (χ2n) is 8.42. The molecule has 1 fully saturated rings. The van der Waals surface area contributed by atoms with Crippen LogP contribution in [0.2, 0.25) is 0 Å². The smallest absolute Gasteiger partial charge is 0.152 e. The zero-order valence-corrected chi connectivity index (χ0v) is 17.9. The third kappa shape index (κ3) is 5.08. The summed E-state index contributed by atoms with van der Waals surface area (Å²) in [4.78, 5) is 11.8. The monoisotopic (exact) mass is 409 g/mol. The summed E-state index contributed by atoms with van der Waals surface area (Å²) in [5.74, 6) is 3.42. The van der Waals surface area contributed by atoms with Crippen molar-refractivity contribution in [1.82, 2.24) is 9.97 Å². The Morgan fingerprint density at radius 1 is 1.17 bits per heavy atom. The average Bonchev–Trinajstić information content (AvgIpc) is 2.76. The zero-order valence-electron chi connectivity index (χ0n) is 17.9. The van der Waals surface area contributed by atoms with Crippen LogP contribution in [0.3, 0.4) is 0 Å². The topological polar surface area (TPSA) is 82.9 Å². The number of aromatic hydroxyl groups is 1. The van der Waals surface area contributed by atoms with E-state index in [0.29, 0.717) is 11.7 Å². The van der Waals surface area contributed by atoms with Gasteiger partial charge in [0, 0.05) is 31.1 Å². The second-order valence-corrected chi connectivity index (χ2v) is 8.42. The highest BCUT2D eigenvalue weighted by Gasteiger charge is 2.18. The number of aryl methyl sites for hydroxylation is 2. The molecule has 1 aliphatic heterocycles. The van der Waals surface area contributed by atoms with Crippen LogP contribution in [-0.2, 0) is 17.6 Å². The predicted octanol–water partition coefficient (Wildman–Crippen LogP) is 3.76. The van der Waals surface area contributed by atoms with Crippen molar-refractivity contribution in [3.05, 3.63) is 41.2 Å². The van der Waals surface area contributed by atoms with Gasteiger partial charge in [-0.05, 0) is 55.4 Å². The number of aromatic nitrogens is 2. The summed E-state index contributed by atoms with van der Waals surface area (Å²) in [6.07, 6.45) is 4.81. The molecule has 0 spiro atoms. The first-order valence-corrected chi connectivity index (χ1v) is 10.9. The Kier molecular flexibility index (Phi) is 6.47. The molecule has 2 N–H and O–H groups in total. The van der Waals surface area contributed by atoms with Crippen molar-refractivity contribution in [2.75, 3.05) is 36.6 Å². The first kappa shape index (κ1) is 20.6. The molecule has 0 radical (unpaired) electrons. The number of benzene rings is 1. The van der Waals surface area contributed by atoms with Gasteiger partial charge in [0.1, 0.15) is 17.4 Å². The van der Waals surface area contributed by atoms with Gasteiger partial charge in [-0.3, -0.25) is 5.43 Å². The van der Waals surface area contributed by atoms with Crippen molar-refractivity contribution in [2.45, 2.75) is 46.0 Å². The SMILES string of the molecule is CC(C)CCc1nc(N/N=C2\CCCc3cc(O)ccc32)cc(N2CCOCC2)n1. The summed E-state index contributed by atoms with van der Waals surface area (Å²) in [6, 6.07) is 7.51. The van der Waals surface area contributed by atoms with Crippen LogP contribution in [0.1, 0.15) is 50.1 Å². The Labute approximate surface area is 178 Å². The highest BCUT2D eigenvalue weighted by molar-refractivity contribution is 6.03. The normalized spacial score (nSPS) is 18.0. The molecule has 0 unspecified atom stereocenters. The first-order valence-electron chi connectivity index (χ1n) is 10.9. The molecule has 0 bridgehead atoms. The van der Waals surface area contributed by atoms with Crippen LogP contribution >= 0.6 is 0 Å². The van der Waals surface area contributed by atoms with Gasteiger partial charge in [0.2, 0.25) is 0 Å². The lowest BCUT2D eigenvalue weighted by Crippen LogP contribution is -2.37. The summed E-state index contributed by atoms with van der Waals surface area (Å²) in [5.41, 5.74) is 6.45. The van der Waals surface area contributed by atoms with E-state index in [1.54, 1.807) is 6.07 Å². The maximum atomic E-state index is 9.77. The number of hydrogen-bond donors (Lipinski definition) is 2. The van der Waals surface area contributed by atoms with Gasteiger partial charge in [0.05, 0.1) is 18.9 Å². The number of nitrogens with one attached hydrogen (secondary N) is 1. The van der Waals surface area contributed by atoms with E-state index in [4.69, 9.17) is 19.8 Å². The third-order valence-corrected chi connectivity index (χ3v) is 5.60.